The highest BCUT2D eigenvalue weighted by Gasteiger charge is 2.08. The first-order chi connectivity index (χ1) is 9.11. The maximum absolute atomic E-state index is 9.39. The highest BCUT2D eigenvalue weighted by Crippen LogP contribution is 2.24. The van der Waals surface area contributed by atoms with Gasteiger partial charge in [0.05, 0.1) is 13.2 Å². The standard InChI is InChI=1S/C15H20ClNO2/c1-11(2)10-19-6-5-17-8-12(9-18)14-4-3-13(16)7-15(14)17/h3-4,7-8,11,18H,5-6,9-10H2,1-2H3. The maximum Gasteiger partial charge on any atom is 0.0702 e. The van der Waals surface area contributed by atoms with Crippen LogP contribution < -0.4 is 0 Å². The molecule has 2 aromatic rings. The number of aliphatic hydroxyl groups is 1. The van der Waals surface area contributed by atoms with Gasteiger partial charge in [-0.05, 0) is 18.1 Å². The van der Waals surface area contributed by atoms with Crippen molar-refractivity contribution < 1.29 is 9.84 Å². The Hall–Kier alpha value is -1.03. The van der Waals surface area contributed by atoms with E-state index in [1.807, 2.05) is 24.4 Å². The van der Waals surface area contributed by atoms with Gasteiger partial charge in [0.15, 0.2) is 0 Å². The largest absolute Gasteiger partial charge is 0.392 e. The van der Waals surface area contributed by atoms with Crippen LogP contribution >= 0.6 is 11.6 Å². The topological polar surface area (TPSA) is 34.4 Å². The molecule has 3 nitrogen and oxygen atoms in total. The Bertz CT molecular complexity index is 548. The molecule has 0 saturated heterocycles. The lowest BCUT2D eigenvalue weighted by Gasteiger charge is -2.08. The molecule has 0 atom stereocenters. The smallest absolute Gasteiger partial charge is 0.0702 e. The van der Waals surface area contributed by atoms with E-state index in [1.165, 1.54) is 0 Å². The lowest BCUT2D eigenvalue weighted by atomic mass is 10.2. The molecule has 0 saturated carbocycles. The quantitative estimate of drug-likeness (QED) is 0.823. The van der Waals surface area contributed by atoms with Gasteiger partial charge >= 0.3 is 0 Å². The van der Waals surface area contributed by atoms with Crippen molar-refractivity contribution >= 4 is 22.5 Å². The van der Waals surface area contributed by atoms with Crippen LogP contribution in [0.1, 0.15) is 19.4 Å². The van der Waals surface area contributed by atoms with E-state index in [-0.39, 0.29) is 6.61 Å². The lowest BCUT2D eigenvalue weighted by molar-refractivity contribution is 0.104. The van der Waals surface area contributed by atoms with Crippen LogP contribution in [0.3, 0.4) is 0 Å². The summed E-state index contributed by atoms with van der Waals surface area (Å²) in [5, 5.41) is 11.1. The van der Waals surface area contributed by atoms with Crippen molar-refractivity contribution in [2.45, 2.75) is 27.0 Å². The minimum absolute atomic E-state index is 0.0397. The first-order valence-electron chi connectivity index (χ1n) is 6.57. The third-order valence-electron chi connectivity index (χ3n) is 3.02. The number of aromatic nitrogens is 1. The van der Waals surface area contributed by atoms with E-state index in [9.17, 15) is 5.11 Å². The molecule has 0 fully saturated rings. The maximum atomic E-state index is 9.39. The molecule has 0 amide bonds. The van der Waals surface area contributed by atoms with Gasteiger partial charge in [0.1, 0.15) is 0 Å². The van der Waals surface area contributed by atoms with Crippen LogP contribution in [-0.2, 0) is 17.9 Å². The van der Waals surface area contributed by atoms with Gasteiger partial charge in [-0.25, -0.2) is 0 Å². The molecule has 19 heavy (non-hydrogen) atoms. The number of hydrogen-bond acceptors (Lipinski definition) is 2. The molecule has 1 N–H and O–H groups in total. The normalized spacial score (nSPS) is 11.6. The Morgan fingerprint density at radius 3 is 2.84 bits per heavy atom. The van der Waals surface area contributed by atoms with Crippen molar-refractivity contribution in [3.63, 3.8) is 0 Å². The van der Waals surface area contributed by atoms with Gasteiger partial charge in [-0.3, -0.25) is 0 Å². The molecule has 0 aliphatic rings. The number of hydrogen-bond donors (Lipinski definition) is 1. The van der Waals surface area contributed by atoms with E-state index in [4.69, 9.17) is 16.3 Å². The molecule has 1 aromatic carbocycles. The summed E-state index contributed by atoms with van der Waals surface area (Å²) < 4.78 is 7.70. The van der Waals surface area contributed by atoms with Crippen molar-refractivity contribution in [2.24, 2.45) is 5.92 Å². The summed E-state index contributed by atoms with van der Waals surface area (Å²) in [6, 6.07) is 5.73. The number of halogens is 1. The first-order valence-corrected chi connectivity index (χ1v) is 6.95. The summed E-state index contributed by atoms with van der Waals surface area (Å²) in [6.45, 7) is 6.51. The summed E-state index contributed by atoms with van der Waals surface area (Å²) >= 11 is 6.04. The van der Waals surface area contributed by atoms with Crippen LogP contribution in [0.25, 0.3) is 10.9 Å². The molecule has 0 radical (unpaired) electrons. The second kappa shape index (κ2) is 6.42. The van der Waals surface area contributed by atoms with Crippen LogP contribution in [0.5, 0.6) is 0 Å². The predicted molar refractivity (Wildman–Crippen MR) is 78.5 cm³/mol. The van der Waals surface area contributed by atoms with Crippen molar-refractivity contribution in [2.75, 3.05) is 13.2 Å². The lowest BCUT2D eigenvalue weighted by Crippen LogP contribution is -2.08. The van der Waals surface area contributed by atoms with E-state index in [0.29, 0.717) is 17.5 Å². The highest BCUT2D eigenvalue weighted by atomic mass is 35.5. The van der Waals surface area contributed by atoms with Gasteiger partial charge in [-0.1, -0.05) is 31.5 Å². The third-order valence-corrected chi connectivity index (χ3v) is 3.26. The third kappa shape index (κ3) is 3.50. The molecular formula is C15H20ClNO2. The summed E-state index contributed by atoms with van der Waals surface area (Å²) in [5.74, 6) is 0.545. The van der Waals surface area contributed by atoms with Crippen molar-refractivity contribution in [3.8, 4) is 0 Å². The van der Waals surface area contributed by atoms with Gasteiger partial charge < -0.3 is 14.4 Å². The zero-order chi connectivity index (χ0) is 13.8. The zero-order valence-corrected chi connectivity index (χ0v) is 12.2. The number of aliphatic hydroxyl groups excluding tert-OH is 1. The van der Waals surface area contributed by atoms with Gasteiger partial charge in [0.25, 0.3) is 0 Å². The van der Waals surface area contributed by atoms with Gasteiger partial charge in [0.2, 0.25) is 0 Å². The second-order valence-corrected chi connectivity index (χ2v) is 5.57. The van der Waals surface area contributed by atoms with E-state index in [0.717, 1.165) is 29.6 Å². The molecule has 1 aromatic heterocycles. The Morgan fingerprint density at radius 2 is 2.16 bits per heavy atom. The Labute approximate surface area is 118 Å². The predicted octanol–water partition coefficient (Wildman–Crippen LogP) is 3.46. The second-order valence-electron chi connectivity index (χ2n) is 5.14. The fourth-order valence-corrected chi connectivity index (χ4v) is 2.30. The molecule has 0 aliphatic heterocycles. The molecule has 1 heterocycles. The molecule has 0 bridgehead atoms. The number of fused-ring (bicyclic) bond motifs is 1. The van der Waals surface area contributed by atoms with Crippen LogP contribution in [0.15, 0.2) is 24.4 Å². The highest BCUT2D eigenvalue weighted by molar-refractivity contribution is 6.31. The number of nitrogens with zero attached hydrogens (tertiary/aromatic N) is 1. The average Bonchev–Trinajstić information content (AvgIpc) is 2.72. The molecular weight excluding hydrogens is 262 g/mol. The van der Waals surface area contributed by atoms with E-state index in [1.54, 1.807) is 0 Å². The molecule has 104 valence electrons. The fourth-order valence-electron chi connectivity index (χ4n) is 2.13. The SMILES string of the molecule is CC(C)COCCn1cc(CO)c2ccc(Cl)cc21. The Balaban J connectivity index is 2.15. The summed E-state index contributed by atoms with van der Waals surface area (Å²) in [6.07, 6.45) is 1.97. The summed E-state index contributed by atoms with van der Waals surface area (Å²) in [5.41, 5.74) is 1.97. The van der Waals surface area contributed by atoms with E-state index in [2.05, 4.69) is 18.4 Å². The number of rotatable bonds is 6. The Kier molecular flexibility index (Phi) is 4.86. The van der Waals surface area contributed by atoms with Crippen LogP contribution in [-0.4, -0.2) is 22.9 Å². The summed E-state index contributed by atoms with van der Waals surface area (Å²) in [4.78, 5) is 0. The first kappa shape index (κ1) is 14.4. The number of ether oxygens (including phenoxy) is 1. The fraction of sp³-hybridized carbons (Fsp3) is 0.467. The Morgan fingerprint density at radius 1 is 1.37 bits per heavy atom. The van der Waals surface area contributed by atoms with Crippen molar-refractivity contribution in [1.82, 2.24) is 4.57 Å². The monoisotopic (exact) mass is 281 g/mol. The minimum atomic E-state index is 0.0397. The van der Waals surface area contributed by atoms with Crippen molar-refractivity contribution in [3.05, 3.63) is 35.0 Å². The van der Waals surface area contributed by atoms with E-state index >= 15 is 0 Å². The van der Waals surface area contributed by atoms with Crippen LogP contribution in [0, 0.1) is 5.92 Å². The summed E-state index contributed by atoms with van der Waals surface area (Å²) in [7, 11) is 0. The van der Waals surface area contributed by atoms with Gasteiger partial charge in [-0.2, -0.15) is 0 Å². The average molecular weight is 282 g/mol. The molecule has 0 spiro atoms. The van der Waals surface area contributed by atoms with E-state index < -0.39 is 0 Å². The molecule has 0 aliphatic carbocycles. The van der Waals surface area contributed by atoms with Crippen LogP contribution in [0.2, 0.25) is 5.02 Å². The van der Waals surface area contributed by atoms with Gasteiger partial charge in [0, 0.05) is 40.8 Å². The minimum Gasteiger partial charge on any atom is -0.392 e. The molecule has 4 heteroatoms. The van der Waals surface area contributed by atoms with Crippen LogP contribution in [0.4, 0.5) is 0 Å². The number of benzene rings is 1. The van der Waals surface area contributed by atoms with Gasteiger partial charge in [-0.15, -0.1) is 0 Å². The zero-order valence-electron chi connectivity index (χ0n) is 11.4. The van der Waals surface area contributed by atoms with Crippen molar-refractivity contribution in [1.29, 1.82) is 0 Å². The molecule has 2 rings (SSSR count). The molecule has 0 unspecified atom stereocenters.